The van der Waals surface area contributed by atoms with E-state index in [0.29, 0.717) is 36.3 Å². The minimum Gasteiger partial charge on any atom is -0.496 e. The third-order valence-electron chi connectivity index (χ3n) is 3.64. The summed E-state index contributed by atoms with van der Waals surface area (Å²) in [5.74, 6) is 2.42. The molecule has 28 heavy (non-hydrogen) atoms. The first-order valence-electron chi connectivity index (χ1n) is 8.57. The van der Waals surface area contributed by atoms with Gasteiger partial charge < -0.3 is 20.5 Å². The van der Waals surface area contributed by atoms with Gasteiger partial charge in [-0.05, 0) is 38.7 Å². The Hall–Kier alpha value is -3.64. The molecule has 0 spiro atoms. The highest BCUT2D eigenvalue weighted by atomic mass is 16.5. The van der Waals surface area contributed by atoms with Crippen molar-refractivity contribution in [3.63, 3.8) is 0 Å². The summed E-state index contributed by atoms with van der Waals surface area (Å²) in [5.41, 5.74) is 7.14. The largest absolute Gasteiger partial charge is 0.496 e. The van der Waals surface area contributed by atoms with Gasteiger partial charge in [-0.25, -0.2) is 4.99 Å². The molecule has 0 aliphatic rings. The number of H-pyrrole nitrogens is 1. The van der Waals surface area contributed by atoms with Gasteiger partial charge in [-0.3, -0.25) is 10.1 Å². The highest BCUT2D eigenvalue weighted by Gasteiger charge is 2.15. The first-order valence-corrected chi connectivity index (χ1v) is 8.57. The molecule has 1 aromatic heterocycles. The number of amidine groups is 1. The highest BCUT2D eigenvalue weighted by molar-refractivity contribution is 5.93. The number of nitrogens with two attached hydrogens (primary N) is 1. The molecule has 9 heteroatoms. The van der Waals surface area contributed by atoms with Crippen molar-refractivity contribution < 1.29 is 9.47 Å². The number of methoxy groups -OCH3 is 1. The number of aromatic amines is 1. The Labute approximate surface area is 163 Å². The molecule has 9 nitrogen and oxygen atoms in total. The van der Waals surface area contributed by atoms with Crippen molar-refractivity contribution >= 4 is 18.4 Å². The van der Waals surface area contributed by atoms with Crippen LogP contribution < -0.4 is 20.5 Å². The van der Waals surface area contributed by atoms with E-state index in [1.165, 1.54) is 6.20 Å². The molecule has 2 rings (SSSR count). The molecule has 0 fully saturated rings. The van der Waals surface area contributed by atoms with Gasteiger partial charge in [-0.1, -0.05) is 6.07 Å². The van der Waals surface area contributed by atoms with Gasteiger partial charge in [0.2, 0.25) is 0 Å². The van der Waals surface area contributed by atoms with E-state index in [1.54, 1.807) is 14.0 Å². The van der Waals surface area contributed by atoms with Crippen LogP contribution in [0.2, 0.25) is 0 Å². The van der Waals surface area contributed by atoms with Gasteiger partial charge in [0.1, 0.15) is 23.4 Å². The number of rotatable bonds is 9. The van der Waals surface area contributed by atoms with Crippen molar-refractivity contribution in [3.05, 3.63) is 36.2 Å². The van der Waals surface area contributed by atoms with Gasteiger partial charge in [0, 0.05) is 6.07 Å². The Kier molecular flexibility index (Phi) is 7.75. The second kappa shape index (κ2) is 10.5. The summed E-state index contributed by atoms with van der Waals surface area (Å²) in [6.45, 7) is 6.11. The molecular weight excluding hydrogens is 358 g/mol. The molecule has 0 unspecified atom stereocenters. The number of nitrogens with zero attached hydrogens (tertiary/aromatic N) is 4. The first-order chi connectivity index (χ1) is 13.6. The molecule has 1 heterocycles. The average Bonchev–Trinajstić information content (AvgIpc) is 3.16. The van der Waals surface area contributed by atoms with Crippen molar-refractivity contribution in [3.8, 4) is 28.8 Å². The number of aliphatic imine (C=N–C) groups is 2. The van der Waals surface area contributed by atoms with Crippen LogP contribution in [0.5, 0.6) is 11.5 Å². The SMILES string of the molecule is C=N/C(C#N)=C\N=C(C)Nc1cc(-c2c(OC)cccc2OCCCN)[nH]n1. The maximum atomic E-state index is 8.82. The fraction of sp³-hybridized carbons (Fsp3) is 0.263. The third-order valence-corrected chi connectivity index (χ3v) is 3.64. The number of anilines is 1. The lowest BCUT2D eigenvalue weighted by Gasteiger charge is -2.13. The molecule has 0 aliphatic heterocycles. The molecular formula is C19H23N7O2. The fourth-order valence-corrected chi connectivity index (χ4v) is 2.33. The van der Waals surface area contributed by atoms with Gasteiger partial charge >= 0.3 is 0 Å². The maximum absolute atomic E-state index is 8.82. The van der Waals surface area contributed by atoms with Crippen molar-refractivity contribution in [2.24, 2.45) is 15.7 Å². The minimum atomic E-state index is 0.122. The summed E-state index contributed by atoms with van der Waals surface area (Å²) < 4.78 is 11.3. The van der Waals surface area contributed by atoms with Crippen LogP contribution in [0.25, 0.3) is 11.3 Å². The van der Waals surface area contributed by atoms with Crippen LogP contribution in [0.15, 0.2) is 46.1 Å². The molecule has 0 radical (unpaired) electrons. The predicted octanol–water partition coefficient (Wildman–Crippen LogP) is 2.71. The summed E-state index contributed by atoms with van der Waals surface area (Å²) in [4.78, 5) is 7.66. The van der Waals surface area contributed by atoms with Crippen LogP contribution >= 0.6 is 0 Å². The quantitative estimate of drug-likeness (QED) is 0.265. The maximum Gasteiger partial charge on any atom is 0.158 e. The van der Waals surface area contributed by atoms with Gasteiger partial charge in [-0.15, -0.1) is 0 Å². The fourth-order valence-electron chi connectivity index (χ4n) is 2.33. The van der Waals surface area contributed by atoms with E-state index in [0.717, 1.165) is 17.7 Å². The summed E-state index contributed by atoms with van der Waals surface area (Å²) in [6.07, 6.45) is 2.08. The number of hydrogen-bond acceptors (Lipinski definition) is 7. The van der Waals surface area contributed by atoms with E-state index in [4.69, 9.17) is 20.5 Å². The Bertz CT molecular complexity index is 909. The average molecular weight is 381 g/mol. The van der Waals surface area contributed by atoms with E-state index in [9.17, 15) is 0 Å². The van der Waals surface area contributed by atoms with Crippen LogP contribution in [-0.2, 0) is 0 Å². The second-order valence-corrected chi connectivity index (χ2v) is 5.61. The molecule has 0 saturated carbocycles. The summed E-state index contributed by atoms with van der Waals surface area (Å²) in [7, 11) is 1.60. The van der Waals surface area contributed by atoms with Gasteiger partial charge in [-0.2, -0.15) is 10.4 Å². The first kappa shape index (κ1) is 20.7. The zero-order valence-electron chi connectivity index (χ0n) is 15.9. The van der Waals surface area contributed by atoms with Crippen LogP contribution in [0.3, 0.4) is 0 Å². The number of ether oxygens (including phenoxy) is 2. The standard InChI is InChI=1S/C19H23N7O2/c1-13(23-12-14(11-21)22-2)24-18-10-15(25-26-18)19-16(27-3)6-4-7-17(19)28-9-5-8-20/h4,6-7,10,12H,2,5,8-9,20H2,1,3H3,(H2,23,24,25,26)/b14-12-. The number of hydrogen-bond donors (Lipinski definition) is 3. The van der Waals surface area contributed by atoms with E-state index < -0.39 is 0 Å². The topological polar surface area (TPSA) is 134 Å². The van der Waals surface area contributed by atoms with Crippen LogP contribution in [0.4, 0.5) is 5.82 Å². The number of benzene rings is 1. The van der Waals surface area contributed by atoms with Gasteiger partial charge in [0.05, 0.1) is 31.2 Å². The van der Waals surface area contributed by atoms with Gasteiger partial charge in [0.15, 0.2) is 11.5 Å². The zero-order chi connectivity index (χ0) is 20.4. The Morgan fingerprint density at radius 1 is 1.46 bits per heavy atom. The summed E-state index contributed by atoms with van der Waals surface area (Å²) in [5, 5.41) is 19.1. The second-order valence-electron chi connectivity index (χ2n) is 5.61. The molecule has 0 aliphatic carbocycles. The van der Waals surface area contributed by atoms with E-state index in [-0.39, 0.29) is 5.70 Å². The molecule has 0 bridgehead atoms. The Morgan fingerprint density at radius 3 is 2.93 bits per heavy atom. The van der Waals surface area contributed by atoms with Crippen LogP contribution in [0.1, 0.15) is 13.3 Å². The number of allylic oxidation sites excluding steroid dienone is 1. The number of nitriles is 1. The lowest BCUT2D eigenvalue weighted by atomic mass is 10.1. The molecule has 2 aromatic rings. The molecule has 0 saturated heterocycles. The molecule has 0 amide bonds. The Balaban J connectivity index is 2.26. The smallest absolute Gasteiger partial charge is 0.158 e. The van der Waals surface area contributed by atoms with Gasteiger partial charge in [0.25, 0.3) is 0 Å². The lowest BCUT2D eigenvalue weighted by molar-refractivity contribution is 0.312. The minimum absolute atomic E-state index is 0.122. The molecule has 1 aromatic carbocycles. The van der Waals surface area contributed by atoms with E-state index >= 15 is 0 Å². The highest BCUT2D eigenvalue weighted by Crippen LogP contribution is 2.38. The zero-order valence-corrected chi connectivity index (χ0v) is 15.9. The van der Waals surface area contributed by atoms with Crippen molar-refractivity contribution in [1.82, 2.24) is 10.2 Å². The monoisotopic (exact) mass is 381 g/mol. The van der Waals surface area contributed by atoms with E-state index in [1.807, 2.05) is 30.3 Å². The Morgan fingerprint density at radius 2 is 2.25 bits per heavy atom. The summed E-state index contributed by atoms with van der Waals surface area (Å²) >= 11 is 0. The van der Waals surface area contributed by atoms with Crippen molar-refractivity contribution in [2.45, 2.75) is 13.3 Å². The number of aromatic nitrogens is 2. The molecule has 4 N–H and O–H groups in total. The normalized spacial score (nSPS) is 11.6. The van der Waals surface area contributed by atoms with Crippen molar-refractivity contribution in [1.29, 1.82) is 5.26 Å². The predicted molar refractivity (Wildman–Crippen MR) is 110 cm³/mol. The third kappa shape index (κ3) is 5.43. The number of nitrogens with one attached hydrogen (secondary N) is 2. The molecule has 0 atom stereocenters. The van der Waals surface area contributed by atoms with Crippen LogP contribution in [-0.4, -0.2) is 43.0 Å². The lowest BCUT2D eigenvalue weighted by Crippen LogP contribution is -2.07. The van der Waals surface area contributed by atoms with Crippen molar-refractivity contribution in [2.75, 3.05) is 25.6 Å². The summed E-state index contributed by atoms with van der Waals surface area (Å²) in [6, 6.07) is 9.27. The van der Waals surface area contributed by atoms with E-state index in [2.05, 4.69) is 32.2 Å². The molecule has 146 valence electrons. The van der Waals surface area contributed by atoms with Crippen LogP contribution in [0, 0.1) is 11.3 Å².